The molecule has 2 aromatic rings. The first-order chi connectivity index (χ1) is 12.0. The van der Waals surface area contributed by atoms with Crippen molar-refractivity contribution in [3.8, 4) is 17.2 Å². The Balaban J connectivity index is 1.82. The van der Waals surface area contributed by atoms with Crippen molar-refractivity contribution in [3.05, 3.63) is 54.1 Å². The van der Waals surface area contributed by atoms with Crippen LogP contribution in [0.5, 0.6) is 17.2 Å². The Morgan fingerprint density at radius 2 is 1.48 bits per heavy atom. The average molecular weight is 343 g/mol. The maximum absolute atomic E-state index is 12.3. The minimum absolute atomic E-state index is 0.106. The predicted octanol–water partition coefficient (Wildman–Crippen LogP) is 3.68. The number of hydrogen-bond acceptors (Lipinski definition) is 4. The van der Waals surface area contributed by atoms with Crippen molar-refractivity contribution in [3.63, 3.8) is 0 Å². The smallest absolute Gasteiger partial charge is 0.251 e. The maximum atomic E-state index is 12.3. The molecule has 0 spiro atoms. The van der Waals surface area contributed by atoms with Crippen LogP contribution in [-0.2, 0) is 0 Å². The lowest BCUT2D eigenvalue weighted by molar-refractivity contribution is 0.0926. The highest BCUT2D eigenvalue weighted by atomic mass is 16.5. The number of benzene rings is 2. The van der Waals surface area contributed by atoms with Gasteiger partial charge >= 0.3 is 0 Å². The standard InChI is InChI=1S/C20H25NO4/c1-14(2)25-19-7-5-16(6-8-19)20(22)21-15(3)13-24-18-11-9-17(23-4)10-12-18/h5-12,14-15H,13H2,1-4H3,(H,21,22)/t15-/m0/s1. The van der Waals surface area contributed by atoms with Crippen molar-refractivity contribution in [2.24, 2.45) is 0 Å². The minimum atomic E-state index is -0.137. The van der Waals surface area contributed by atoms with E-state index in [2.05, 4.69) is 5.32 Å². The number of methoxy groups -OCH3 is 1. The fraction of sp³-hybridized carbons (Fsp3) is 0.350. The second-order valence-corrected chi connectivity index (χ2v) is 6.05. The molecule has 1 atom stereocenters. The third-order valence-electron chi connectivity index (χ3n) is 3.43. The summed E-state index contributed by atoms with van der Waals surface area (Å²) in [5.74, 6) is 2.13. The summed E-state index contributed by atoms with van der Waals surface area (Å²) < 4.78 is 16.4. The monoisotopic (exact) mass is 343 g/mol. The van der Waals surface area contributed by atoms with Crippen molar-refractivity contribution < 1.29 is 19.0 Å². The van der Waals surface area contributed by atoms with Crippen LogP contribution in [0.4, 0.5) is 0 Å². The fourth-order valence-corrected chi connectivity index (χ4v) is 2.20. The second kappa shape index (κ2) is 8.97. The highest BCUT2D eigenvalue weighted by Gasteiger charge is 2.11. The molecule has 0 aliphatic rings. The first-order valence-electron chi connectivity index (χ1n) is 8.32. The van der Waals surface area contributed by atoms with Gasteiger partial charge in [0.25, 0.3) is 5.91 Å². The van der Waals surface area contributed by atoms with E-state index >= 15 is 0 Å². The Kier molecular flexibility index (Phi) is 6.69. The summed E-state index contributed by atoms with van der Waals surface area (Å²) in [7, 11) is 1.62. The van der Waals surface area contributed by atoms with Crippen LogP contribution < -0.4 is 19.5 Å². The molecule has 2 rings (SSSR count). The van der Waals surface area contributed by atoms with E-state index in [1.165, 1.54) is 0 Å². The number of amides is 1. The van der Waals surface area contributed by atoms with Crippen LogP contribution in [0, 0.1) is 0 Å². The number of rotatable bonds is 8. The van der Waals surface area contributed by atoms with Gasteiger partial charge in [-0.2, -0.15) is 0 Å². The summed E-state index contributed by atoms with van der Waals surface area (Å²) in [6, 6.07) is 14.3. The van der Waals surface area contributed by atoms with Crippen molar-refractivity contribution in [2.75, 3.05) is 13.7 Å². The molecule has 0 aliphatic carbocycles. The quantitative estimate of drug-likeness (QED) is 0.794. The van der Waals surface area contributed by atoms with Crippen LogP contribution in [0.2, 0.25) is 0 Å². The SMILES string of the molecule is COc1ccc(OC[C@H](C)NC(=O)c2ccc(OC(C)C)cc2)cc1. The summed E-state index contributed by atoms with van der Waals surface area (Å²) >= 11 is 0. The van der Waals surface area contributed by atoms with Gasteiger partial charge in [-0.15, -0.1) is 0 Å². The van der Waals surface area contributed by atoms with E-state index in [0.717, 1.165) is 17.2 Å². The van der Waals surface area contributed by atoms with Gasteiger partial charge in [-0.1, -0.05) is 0 Å². The Morgan fingerprint density at radius 1 is 0.920 bits per heavy atom. The highest BCUT2D eigenvalue weighted by molar-refractivity contribution is 5.94. The van der Waals surface area contributed by atoms with Gasteiger partial charge in [-0.25, -0.2) is 0 Å². The Labute approximate surface area is 148 Å². The zero-order chi connectivity index (χ0) is 18.2. The second-order valence-electron chi connectivity index (χ2n) is 6.05. The van der Waals surface area contributed by atoms with E-state index in [1.54, 1.807) is 31.4 Å². The lowest BCUT2D eigenvalue weighted by Gasteiger charge is -2.15. The molecule has 25 heavy (non-hydrogen) atoms. The molecular weight excluding hydrogens is 318 g/mol. The van der Waals surface area contributed by atoms with Gasteiger partial charge in [0.05, 0.1) is 19.3 Å². The first-order valence-corrected chi connectivity index (χ1v) is 8.32. The largest absolute Gasteiger partial charge is 0.497 e. The Hall–Kier alpha value is -2.69. The van der Waals surface area contributed by atoms with E-state index < -0.39 is 0 Å². The Bertz CT molecular complexity index is 665. The third kappa shape index (κ3) is 6.03. The predicted molar refractivity (Wildman–Crippen MR) is 97.6 cm³/mol. The Morgan fingerprint density at radius 3 is 2.04 bits per heavy atom. The van der Waals surface area contributed by atoms with E-state index in [1.807, 2.05) is 45.0 Å². The van der Waals surface area contributed by atoms with E-state index in [-0.39, 0.29) is 18.1 Å². The molecule has 5 heteroatoms. The van der Waals surface area contributed by atoms with Gasteiger partial charge in [-0.05, 0) is 69.3 Å². The molecule has 0 aliphatic heterocycles. The van der Waals surface area contributed by atoms with Gasteiger partial charge in [-0.3, -0.25) is 4.79 Å². The van der Waals surface area contributed by atoms with Crippen molar-refractivity contribution in [2.45, 2.75) is 32.9 Å². The number of nitrogens with one attached hydrogen (secondary N) is 1. The number of carbonyl (C=O) groups excluding carboxylic acids is 1. The molecule has 0 saturated carbocycles. The molecule has 0 aromatic heterocycles. The van der Waals surface area contributed by atoms with Crippen LogP contribution in [0.25, 0.3) is 0 Å². The van der Waals surface area contributed by atoms with Crippen LogP contribution >= 0.6 is 0 Å². The van der Waals surface area contributed by atoms with Gasteiger partial charge in [0, 0.05) is 5.56 Å². The van der Waals surface area contributed by atoms with Gasteiger partial charge in [0.15, 0.2) is 0 Å². The first kappa shape index (κ1) is 18.6. The van der Waals surface area contributed by atoms with Crippen molar-refractivity contribution >= 4 is 5.91 Å². The zero-order valence-electron chi connectivity index (χ0n) is 15.1. The minimum Gasteiger partial charge on any atom is -0.497 e. The number of ether oxygens (including phenoxy) is 3. The zero-order valence-corrected chi connectivity index (χ0v) is 15.1. The number of hydrogen-bond donors (Lipinski definition) is 1. The van der Waals surface area contributed by atoms with Crippen LogP contribution in [0.1, 0.15) is 31.1 Å². The molecule has 0 radical (unpaired) electrons. The summed E-state index contributed by atoms with van der Waals surface area (Å²) in [6.07, 6.45) is 0.106. The molecule has 0 unspecified atom stereocenters. The number of carbonyl (C=O) groups is 1. The lowest BCUT2D eigenvalue weighted by atomic mass is 10.2. The summed E-state index contributed by atoms with van der Waals surface area (Å²) in [6.45, 7) is 6.21. The molecule has 5 nitrogen and oxygen atoms in total. The average Bonchev–Trinajstić information content (AvgIpc) is 2.60. The molecule has 0 bridgehead atoms. The molecule has 1 N–H and O–H groups in total. The van der Waals surface area contributed by atoms with Gasteiger partial charge in [0.1, 0.15) is 23.9 Å². The van der Waals surface area contributed by atoms with Crippen LogP contribution in [0.15, 0.2) is 48.5 Å². The summed E-state index contributed by atoms with van der Waals surface area (Å²) in [5.41, 5.74) is 0.590. The summed E-state index contributed by atoms with van der Waals surface area (Å²) in [4.78, 5) is 12.3. The maximum Gasteiger partial charge on any atom is 0.251 e. The third-order valence-corrected chi connectivity index (χ3v) is 3.43. The topological polar surface area (TPSA) is 56.8 Å². The highest BCUT2D eigenvalue weighted by Crippen LogP contribution is 2.17. The molecule has 134 valence electrons. The molecule has 2 aromatic carbocycles. The van der Waals surface area contributed by atoms with Gasteiger partial charge in [0.2, 0.25) is 0 Å². The molecule has 0 saturated heterocycles. The molecule has 1 amide bonds. The van der Waals surface area contributed by atoms with E-state index in [4.69, 9.17) is 14.2 Å². The van der Waals surface area contributed by atoms with E-state index in [9.17, 15) is 4.79 Å². The van der Waals surface area contributed by atoms with Crippen molar-refractivity contribution in [1.82, 2.24) is 5.32 Å². The summed E-state index contributed by atoms with van der Waals surface area (Å²) in [5, 5.41) is 2.92. The lowest BCUT2D eigenvalue weighted by Crippen LogP contribution is -2.36. The van der Waals surface area contributed by atoms with Gasteiger partial charge < -0.3 is 19.5 Å². The van der Waals surface area contributed by atoms with Crippen LogP contribution in [0.3, 0.4) is 0 Å². The molecular formula is C20H25NO4. The normalized spacial score (nSPS) is 11.7. The molecule has 0 fully saturated rings. The fourth-order valence-electron chi connectivity index (χ4n) is 2.20. The van der Waals surface area contributed by atoms with E-state index in [0.29, 0.717) is 12.2 Å². The molecule has 0 heterocycles. The van der Waals surface area contributed by atoms with Crippen molar-refractivity contribution in [1.29, 1.82) is 0 Å². The van der Waals surface area contributed by atoms with Crippen LogP contribution in [-0.4, -0.2) is 31.8 Å².